The van der Waals surface area contributed by atoms with E-state index in [1.54, 1.807) is 19.1 Å². The number of sulfonamides is 1. The molecular weight excluding hydrogens is 304 g/mol. The minimum Gasteiger partial charge on any atom is -0.279 e. The molecular formula is C12H9ClN2O2S2. The molecule has 1 N–H and O–H groups in total. The second-order valence-electron chi connectivity index (χ2n) is 3.81. The van der Waals surface area contributed by atoms with E-state index in [9.17, 15) is 8.42 Å². The van der Waals surface area contributed by atoms with Crippen molar-refractivity contribution in [1.82, 2.24) is 0 Å². The zero-order chi connectivity index (χ0) is 14.0. The minimum absolute atomic E-state index is 0.138. The predicted molar refractivity (Wildman–Crippen MR) is 76.0 cm³/mol. The molecule has 0 aliphatic carbocycles. The highest BCUT2D eigenvalue weighted by Gasteiger charge is 2.17. The number of hydrogen-bond donors (Lipinski definition) is 1. The van der Waals surface area contributed by atoms with Crippen LogP contribution in [0.15, 0.2) is 34.5 Å². The van der Waals surface area contributed by atoms with Crippen molar-refractivity contribution in [1.29, 1.82) is 5.26 Å². The van der Waals surface area contributed by atoms with E-state index in [1.807, 2.05) is 6.07 Å². The Morgan fingerprint density at radius 2 is 2.05 bits per heavy atom. The topological polar surface area (TPSA) is 70.0 Å². The van der Waals surface area contributed by atoms with E-state index in [1.165, 1.54) is 18.2 Å². The Balaban J connectivity index is 2.38. The number of thiophene rings is 1. The van der Waals surface area contributed by atoms with Crippen molar-refractivity contribution in [2.75, 3.05) is 4.72 Å². The zero-order valence-electron chi connectivity index (χ0n) is 9.84. The largest absolute Gasteiger partial charge is 0.279 e. The number of nitriles is 1. The van der Waals surface area contributed by atoms with Crippen LogP contribution in [0.4, 0.5) is 5.69 Å². The molecule has 0 fully saturated rings. The van der Waals surface area contributed by atoms with Crippen LogP contribution in [-0.2, 0) is 10.0 Å². The maximum atomic E-state index is 12.1. The Morgan fingerprint density at radius 1 is 1.32 bits per heavy atom. The molecule has 1 heterocycles. The third kappa shape index (κ3) is 3.07. The third-order valence-electron chi connectivity index (χ3n) is 2.42. The summed E-state index contributed by atoms with van der Waals surface area (Å²) in [6, 6.07) is 9.77. The first-order chi connectivity index (χ1) is 8.92. The number of halogens is 1. The van der Waals surface area contributed by atoms with Crippen LogP contribution in [0, 0.1) is 18.3 Å². The first-order valence-electron chi connectivity index (χ1n) is 5.21. The van der Waals surface area contributed by atoms with Crippen LogP contribution in [0.25, 0.3) is 0 Å². The summed E-state index contributed by atoms with van der Waals surface area (Å²) in [4.78, 5) is 0. The van der Waals surface area contributed by atoms with E-state index in [2.05, 4.69) is 4.72 Å². The molecule has 19 heavy (non-hydrogen) atoms. The summed E-state index contributed by atoms with van der Waals surface area (Å²) < 4.78 is 27.3. The fourth-order valence-corrected chi connectivity index (χ4v) is 4.04. The van der Waals surface area contributed by atoms with Gasteiger partial charge in [-0.3, -0.25) is 4.72 Å². The van der Waals surface area contributed by atoms with Gasteiger partial charge in [-0.05, 0) is 36.8 Å². The maximum absolute atomic E-state index is 12.1. The lowest BCUT2D eigenvalue weighted by Crippen LogP contribution is -2.12. The van der Waals surface area contributed by atoms with Gasteiger partial charge in [-0.25, -0.2) is 8.42 Å². The van der Waals surface area contributed by atoms with E-state index in [4.69, 9.17) is 16.9 Å². The van der Waals surface area contributed by atoms with Crippen LogP contribution in [-0.4, -0.2) is 8.42 Å². The van der Waals surface area contributed by atoms with Gasteiger partial charge in [0.1, 0.15) is 4.21 Å². The highest BCUT2D eigenvalue weighted by Crippen LogP contribution is 2.28. The van der Waals surface area contributed by atoms with Gasteiger partial charge in [0.25, 0.3) is 10.0 Å². The van der Waals surface area contributed by atoms with Crippen molar-refractivity contribution < 1.29 is 8.42 Å². The smallest absolute Gasteiger partial charge is 0.271 e. The van der Waals surface area contributed by atoms with Crippen LogP contribution < -0.4 is 4.72 Å². The van der Waals surface area contributed by atoms with Gasteiger partial charge in [0.15, 0.2) is 0 Å². The quantitative estimate of drug-likeness (QED) is 0.944. The lowest BCUT2D eigenvalue weighted by atomic mass is 10.1. The number of benzene rings is 1. The van der Waals surface area contributed by atoms with E-state index in [-0.39, 0.29) is 4.21 Å². The Hall–Kier alpha value is -1.55. The predicted octanol–water partition coefficient (Wildman–Crippen LogP) is 3.38. The molecule has 0 bridgehead atoms. The summed E-state index contributed by atoms with van der Waals surface area (Å²) in [7, 11) is -3.67. The number of nitrogens with one attached hydrogen (secondary N) is 1. The molecule has 0 saturated heterocycles. The third-order valence-corrected chi connectivity index (χ3v) is 5.51. The number of hydrogen-bond acceptors (Lipinski definition) is 4. The molecule has 98 valence electrons. The van der Waals surface area contributed by atoms with Crippen molar-refractivity contribution in [3.8, 4) is 6.07 Å². The van der Waals surface area contributed by atoms with Gasteiger partial charge < -0.3 is 0 Å². The van der Waals surface area contributed by atoms with Gasteiger partial charge in [0.2, 0.25) is 0 Å². The van der Waals surface area contributed by atoms with E-state index in [0.717, 1.165) is 16.9 Å². The molecule has 0 radical (unpaired) electrons. The average molecular weight is 313 g/mol. The van der Waals surface area contributed by atoms with Gasteiger partial charge in [-0.2, -0.15) is 5.26 Å². The summed E-state index contributed by atoms with van der Waals surface area (Å²) in [5.74, 6) is 0. The van der Waals surface area contributed by atoms with Gasteiger partial charge in [0, 0.05) is 0 Å². The summed E-state index contributed by atoms with van der Waals surface area (Å²) >= 11 is 6.71. The molecule has 0 spiro atoms. The van der Waals surface area contributed by atoms with E-state index >= 15 is 0 Å². The van der Waals surface area contributed by atoms with Gasteiger partial charge in [-0.1, -0.05) is 17.7 Å². The molecule has 0 amide bonds. The summed E-state index contributed by atoms with van der Waals surface area (Å²) in [6.07, 6.45) is 0. The standard InChI is InChI=1S/C12H9ClN2O2S2/c1-8-2-3-9(7-14)6-10(8)15-19(16,17)12-5-4-11(13)18-12/h2-6,15H,1H3. The van der Waals surface area contributed by atoms with Crippen LogP contribution in [0.2, 0.25) is 4.34 Å². The normalized spacial score (nSPS) is 11.0. The van der Waals surface area contributed by atoms with Crippen LogP contribution in [0.1, 0.15) is 11.1 Å². The van der Waals surface area contributed by atoms with Crippen molar-refractivity contribution in [3.63, 3.8) is 0 Å². The van der Waals surface area contributed by atoms with E-state index < -0.39 is 10.0 Å². The Kier molecular flexibility index (Phi) is 3.80. The molecule has 0 unspecified atom stereocenters. The molecule has 4 nitrogen and oxygen atoms in total. The Bertz CT molecular complexity index is 760. The number of aryl methyl sites for hydroxylation is 1. The number of anilines is 1. The van der Waals surface area contributed by atoms with Crippen LogP contribution in [0.3, 0.4) is 0 Å². The number of rotatable bonds is 3. The van der Waals surface area contributed by atoms with Gasteiger partial charge in [-0.15, -0.1) is 11.3 Å². The molecule has 0 atom stereocenters. The number of nitrogens with zero attached hydrogens (tertiary/aromatic N) is 1. The molecule has 1 aromatic carbocycles. The molecule has 7 heteroatoms. The maximum Gasteiger partial charge on any atom is 0.271 e. The zero-order valence-corrected chi connectivity index (χ0v) is 12.2. The first kappa shape index (κ1) is 13.9. The molecule has 0 saturated carbocycles. The fraction of sp³-hybridized carbons (Fsp3) is 0.0833. The molecule has 1 aromatic heterocycles. The van der Waals surface area contributed by atoms with Crippen molar-refractivity contribution in [2.24, 2.45) is 0 Å². The highest BCUT2D eigenvalue weighted by atomic mass is 35.5. The second-order valence-corrected chi connectivity index (χ2v) is 7.43. The highest BCUT2D eigenvalue weighted by molar-refractivity contribution is 7.94. The van der Waals surface area contributed by atoms with Gasteiger partial charge >= 0.3 is 0 Å². The van der Waals surface area contributed by atoms with E-state index in [0.29, 0.717) is 15.6 Å². The fourth-order valence-electron chi connectivity index (χ4n) is 1.44. The summed E-state index contributed by atoms with van der Waals surface area (Å²) in [6.45, 7) is 1.76. The summed E-state index contributed by atoms with van der Waals surface area (Å²) in [5.41, 5.74) is 1.53. The minimum atomic E-state index is -3.67. The average Bonchev–Trinajstić information content (AvgIpc) is 2.79. The monoisotopic (exact) mass is 312 g/mol. The van der Waals surface area contributed by atoms with Crippen LogP contribution >= 0.6 is 22.9 Å². The van der Waals surface area contributed by atoms with Crippen molar-refractivity contribution >= 4 is 38.6 Å². The SMILES string of the molecule is Cc1ccc(C#N)cc1NS(=O)(=O)c1ccc(Cl)s1. The lowest BCUT2D eigenvalue weighted by molar-refractivity contribution is 0.603. The Morgan fingerprint density at radius 3 is 2.63 bits per heavy atom. The molecule has 0 aliphatic rings. The van der Waals surface area contributed by atoms with Crippen LogP contribution in [0.5, 0.6) is 0 Å². The Labute approximate surface area is 120 Å². The summed E-state index contributed by atoms with van der Waals surface area (Å²) in [5, 5.41) is 8.83. The second kappa shape index (κ2) is 5.21. The van der Waals surface area contributed by atoms with Crippen molar-refractivity contribution in [3.05, 3.63) is 45.8 Å². The van der Waals surface area contributed by atoms with Crippen molar-refractivity contribution in [2.45, 2.75) is 11.1 Å². The lowest BCUT2D eigenvalue weighted by Gasteiger charge is -2.09. The molecule has 2 aromatic rings. The van der Waals surface area contributed by atoms with Gasteiger partial charge in [0.05, 0.1) is 21.7 Å². The molecule has 0 aliphatic heterocycles. The molecule has 2 rings (SSSR count). The first-order valence-corrected chi connectivity index (χ1v) is 7.89.